The normalized spacial score (nSPS) is 13.9. The fourth-order valence-corrected chi connectivity index (χ4v) is 9.98. The highest BCUT2D eigenvalue weighted by molar-refractivity contribution is 5.80. The summed E-state index contributed by atoms with van der Waals surface area (Å²) in [7, 11) is 0. The van der Waals surface area contributed by atoms with Crippen molar-refractivity contribution in [3.63, 3.8) is 0 Å². The van der Waals surface area contributed by atoms with E-state index < -0.39 is 36.9 Å². The maximum Gasteiger partial charge on any atom is 0.249 e. The second kappa shape index (κ2) is 60.1. The highest BCUT2D eigenvalue weighted by Gasteiger charge is 2.28. The Morgan fingerprint density at radius 3 is 0.958 bits per heavy atom. The van der Waals surface area contributed by atoms with E-state index in [4.69, 9.17) is 0 Å². The van der Waals surface area contributed by atoms with Crippen LogP contribution in [0, 0.1) is 0 Å². The van der Waals surface area contributed by atoms with Gasteiger partial charge in [-0.25, -0.2) is 0 Å². The molecule has 0 aromatic carbocycles. The average Bonchev–Trinajstić information content (AvgIpc) is 3.39. The number of aliphatic hydroxyl groups is 4. The second-order valence-corrected chi connectivity index (χ2v) is 22.1. The number of nitrogens with one attached hydrogen (secondary N) is 1. The third-order valence-electron chi connectivity index (χ3n) is 15.0. The van der Waals surface area contributed by atoms with Gasteiger partial charge in [0.25, 0.3) is 0 Å². The summed E-state index contributed by atoms with van der Waals surface area (Å²) in [6.07, 6.45) is 77.8. The average molecular weight is 1010 g/mol. The fraction of sp³-hybridized carbons (Fsp3) is 0.864. The molecule has 5 N–H and O–H groups in total. The van der Waals surface area contributed by atoms with Crippen molar-refractivity contribution < 1.29 is 25.2 Å². The SMILES string of the molecule is CCCCCCCCCCC/C=C\C/C=C\CCCCCCCCCCCCCCCCC(O)C(=O)NC(CO)C(O)C(O)CCC/C=C/CC/C=C/CCCCCCCCCCCCCCCCCCC. The molecule has 0 aliphatic heterocycles. The molecule has 6 heteroatoms. The van der Waals surface area contributed by atoms with Crippen molar-refractivity contribution in [2.75, 3.05) is 6.61 Å². The highest BCUT2D eigenvalue weighted by atomic mass is 16.3. The summed E-state index contributed by atoms with van der Waals surface area (Å²) in [6.45, 7) is 4.08. The van der Waals surface area contributed by atoms with E-state index in [0.717, 1.165) is 44.9 Å². The van der Waals surface area contributed by atoms with Crippen molar-refractivity contribution >= 4 is 5.91 Å². The van der Waals surface area contributed by atoms with Crippen molar-refractivity contribution in [2.45, 2.75) is 359 Å². The third kappa shape index (κ3) is 53.1. The summed E-state index contributed by atoms with van der Waals surface area (Å²) in [5.41, 5.74) is 0. The Bertz CT molecular complexity index is 1180. The molecule has 0 rings (SSSR count). The van der Waals surface area contributed by atoms with Crippen LogP contribution in [0.4, 0.5) is 0 Å². The third-order valence-corrected chi connectivity index (χ3v) is 15.0. The zero-order valence-corrected chi connectivity index (χ0v) is 48.2. The zero-order valence-electron chi connectivity index (χ0n) is 48.2. The Morgan fingerprint density at radius 1 is 0.347 bits per heavy atom. The van der Waals surface area contributed by atoms with Gasteiger partial charge in [0.1, 0.15) is 12.2 Å². The number of hydrogen-bond acceptors (Lipinski definition) is 5. The molecule has 4 atom stereocenters. The largest absolute Gasteiger partial charge is 0.394 e. The Labute approximate surface area is 449 Å². The lowest BCUT2D eigenvalue weighted by molar-refractivity contribution is -0.132. The molecule has 0 bridgehead atoms. The van der Waals surface area contributed by atoms with Crippen LogP contribution < -0.4 is 5.32 Å². The minimum atomic E-state index is -1.29. The van der Waals surface area contributed by atoms with Gasteiger partial charge in [-0.05, 0) is 83.5 Å². The molecule has 6 nitrogen and oxygen atoms in total. The summed E-state index contributed by atoms with van der Waals surface area (Å²) in [6, 6.07) is -1.01. The highest BCUT2D eigenvalue weighted by Crippen LogP contribution is 2.18. The van der Waals surface area contributed by atoms with Crippen molar-refractivity contribution in [3.05, 3.63) is 48.6 Å². The van der Waals surface area contributed by atoms with E-state index in [-0.39, 0.29) is 0 Å². The van der Waals surface area contributed by atoms with Crippen LogP contribution in [-0.2, 0) is 4.79 Å². The van der Waals surface area contributed by atoms with Crippen molar-refractivity contribution in [3.8, 4) is 0 Å². The van der Waals surface area contributed by atoms with Crippen LogP contribution in [-0.4, -0.2) is 57.3 Å². The predicted octanol–water partition coefficient (Wildman–Crippen LogP) is 19.3. The van der Waals surface area contributed by atoms with Gasteiger partial charge in [0.15, 0.2) is 0 Å². The summed E-state index contributed by atoms with van der Waals surface area (Å²) in [4.78, 5) is 12.6. The Kier molecular flexibility index (Phi) is 58.7. The number of unbranched alkanes of at least 4 members (excludes halogenated alkanes) is 42. The van der Waals surface area contributed by atoms with Crippen LogP contribution in [0.5, 0.6) is 0 Å². The van der Waals surface area contributed by atoms with Gasteiger partial charge in [0.05, 0.1) is 18.8 Å². The van der Waals surface area contributed by atoms with Crippen LogP contribution in [0.3, 0.4) is 0 Å². The molecule has 0 aromatic heterocycles. The van der Waals surface area contributed by atoms with Crippen LogP contribution >= 0.6 is 0 Å². The van der Waals surface area contributed by atoms with Crippen molar-refractivity contribution in [2.24, 2.45) is 0 Å². The molecular formula is C66H125NO5. The second-order valence-electron chi connectivity index (χ2n) is 22.1. The Balaban J connectivity index is 3.64. The number of aliphatic hydroxyl groups excluding tert-OH is 4. The molecule has 0 saturated carbocycles. The summed E-state index contributed by atoms with van der Waals surface area (Å²) in [5, 5.41) is 44.1. The van der Waals surface area contributed by atoms with E-state index in [2.05, 4.69) is 67.8 Å². The topological polar surface area (TPSA) is 110 Å². The summed E-state index contributed by atoms with van der Waals surface area (Å²) >= 11 is 0. The van der Waals surface area contributed by atoms with Gasteiger partial charge >= 0.3 is 0 Å². The van der Waals surface area contributed by atoms with E-state index in [9.17, 15) is 25.2 Å². The molecule has 0 radical (unpaired) electrons. The molecule has 4 unspecified atom stereocenters. The lowest BCUT2D eigenvalue weighted by Gasteiger charge is -2.27. The molecule has 0 aromatic rings. The molecule has 0 spiro atoms. The number of allylic oxidation sites excluding steroid dienone is 8. The monoisotopic (exact) mass is 1010 g/mol. The quantitative estimate of drug-likeness (QED) is 0.0308. The van der Waals surface area contributed by atoms with Crippen molar-refractivity contribution in [1.82, 2.24) is 5.32 Å². The molecule has 1 amide bonds. The van der Waals surface area contributed by atoms with Crippen LogP contribution in [0.2, 0.25) is 0 Å². The van der Waals surface area contributed by atoms with E-state index >= 15 is 0 Å². The summed E-state index contributed by atoms with van der Waals surface area (Å²) in [5.74, 6) is -0.595. The molecule has 424 valence electrons. The van der Waals surface area contributed by atoms with Crippen LogP contribution in [0.15, 0.2) is 48.6 Å². The van der Waals surface area contributed by atoms with E-state index in [0.29, 0.717) is 19.3 Å². The zero-order chi connectivity index (χ0) is 52.3. The number of carbonyl (C=O) groups excluding carboxylic acids is 1. The van der Waals surface area contributed by atoms with Gasteiger partial charge in [-0.2, -0.15) is 0 Å². The fourth-order valence-electron chi connectivity index (χ4n) is 9.98. The van der Waals surface area contributed by atoms with E-state index in [1.54, 1.807) is 0 Å². The smallest absolute Gasteiger partial charge is 0.249 e. The molecule has 0 saturated heterocycles. The molecular weight excluding hydrogens is 887 g/mol. The standard InChI is InChI=1S/C66H125NO5/c1-3-5-7-9-11-13-15-17-19-21-23-25-27-29-31-32-33-34-36-38-40-42-44-46-48-50-52-54-56-58-60-64(70)66(72)67-62(61-68)65(71)63(69)59-57-55-53-51-49-47-45-43-41-39-37-35-30-28-26-24-22-20-18-16-14-12-10-8-6-4-2/h23,25,29,31,43,45,51,53,62-65,68-71H,3-22,24,26-28,30,32-42,44,46-50,52,54-61H2,1-2H3,(H,67,72)/b25-23-,31-29-,45-43+,53-51+. The lowest BCUT2D eigenvalue weighted by Crippen LogP contribution is -2.53. The van der Waals surface area contributed by atoms with Gasteiger partial charge in [0.2, 0.25) is 5.91 Å². The van der Waals surface area contributed by atoms with Gasteiger partial charge < -0.3 is 25.7 Å². The molecule has 0 aliphatic carbocycles. The van der Waals surface area contributed by atoms with Crippen LogP contribution in [0.1, 0.15) is 335 Å². The Hall–Kier alpha value is -1.73. The first kappa shape index (κ1) is 70.3. The van der Waals surface area contributed by atoms with E-state index in [1.807, 2.05) is 0 Å². The Morgan fingerprint density at radius 2 is 0.625 bits per heavy atom. The van der Waals surface area contributed by atoms with Gasteiger partial charge in [-0.15, -0.1) is 0 Å². The number of rotatable bonds is 59. The number of carbonyl (C=O) groups is 1. The van der Waals surface area contributed by atoms with Gasteiger partial charge in [-0.3, -0.25) is 4.79 Å². The summed E-state index contributed by atoms with van der Waals surface area (Å²) < 4.78 is 0. The molecule has 0 heterocycles. The van der Waals surface area contributed by atoms with Crippen LogP contribution in [0.25, 0.3) is 0 Å². The molecule has 72 heavy (non-hydrogen) atoms. The minimum Gasteiger partial charge on any atom is -0.394 e. The lowest BCUT2D eigenvalue weighted by atomic mass is 10.00. The minimum absolute atomic E-state index is 0.359. The first-order valence-electron chi connectivity index (χ1n) is 32.0. The molecule has 0 aliphatic rings. The molecule has 0 fully saturated rings. The van der Waals surface area contributed by atoms with Gasteiger partial charge in [-0.1, -0.05) is 300 Å². The van der Waals surface area contributed by atoms with Crippen molar-refractivity contribution in [1.29, 1.82) is 0 Å². The van der Waals surface area contributed by atoms with Gasteiger partial charge in [0, 0.05) is 0 Å². The number of hydrogen-bond donors (Lipinski definition) is 5. The maximum absolute atomic E-state index is 12.6. The first-order chi connectivity index (χ1) is 35.5. The van der Waals surface area contributed by atoms with E-state index in [1.165, 1.54) is 257 Å². The predicted molar refractivity (Wildman–Crippen MR) is 316 cm³/mol. The first-order valence-corrected chi connectivity index (χ1v) is 32.0. The number of amides is 1. The maximum atomic E-state index is 12.6.